The van der Waals surface area contributed by atoms with Crippen molar-refractivity contribution in [2.45, 2.75) is 33.7 Å². The first-order valence-corrected chi connectivity index (χ1v) is 6.96. The molecule has 0 saturated heterocycles. The van der Waals surface area contributed by atoms with E-state index < -0.39 is 5.97 Å². The number of pyridine rings is 1. The van der Waals surface area contributed by atoms with Crippen molar-refractivity contribution in [2.75, 3.05) is 6.61 Å². The first-order chi connectivity index (χ1) is 9.63. The fraction of sp³-hybridized carbons (Fsp3) is 0.375. The van der Waals surface area contributed by atoms with Gasteiger partial charge in [-0.3, -0.25) is 4.79 Å². The molecule has 0 aliphatic rings. The third-order valence-corrected chi connectivity index (χ3v) is 3.40. The Morgan fingerprint density at radius 3 is 2.60 bits per heavy atom. The fourth-order valence-corrected chi connectivity index (χ4v) is 2.43. The summed E-state index contributed by atoms with van der Waals surface area (Å²) < 4.78 is 6.91. The predicted molar refractivity (Wildman–Crippen MR) is 79.2 cm³/mol. The molecule has 20 heavy (non-hydrogen) atoms. The molecule has 0 aliphatic carbocycles. The minimum absolute atomic E-state index is 0.106. The lowest BCUT2D eigenvalue weighted by atomic mass is 10.0. The zero-order valence-corrected chi connectivity index (χ0v) is 12.1. The third kappa shape index (κ3) is 2.33. The standard InChI is InChI=1S/C16H19NO3/c1-4-11-8-7-9-12-14(11)17(5-2)10-13(15(12)18)16(19)20-6-3/h7-10H,4-6H2,1-3H3. The SMILES string of the molecule is CCOC(=O)c1cn(CC)c2c(CC)cccc2c1=O. The molecule has 0 spiro atoms. The molecule has 4 nitrogen and oxygen atoms in total. The number of hydrogen-bond donors (Lipinski definition) is 0. The molecule has 0 amide bonds. The van der Waals surface area contributed by atoms with Crippen molar-refractivity contribution < 1.29 is 9.53 Å². The molecule has 1 heterocycles. The largest absolute Gasteiger partial charge is 0.462 e. The normalized spacial score (nSPS) is 10.8. The van der Waals surface area contributed by atoms with Crippen LogP contribution in [0.2, 0.25) is 0 Å². The highest BCUT2D eigenvalue weighted by atomic mass is 16.5. The van der Waals surface area contributed by atoms with E-state index in [1.165, 1.54) is 0 Å². The summed E-state index contributed by atoms with van der Waals surface area (Å²) in [7, 11) is 0. The average molecular weight is 273 g/mol. The summed E-state index contributed by atoms with van der Waals surface area (Å²) in [6, 6.07) is 5.64. The smallest absolute Gasteiger partial charge is 0.343 e. The van der Waals surface area contributed by atoms with Gasteiger partial charge in [-0.2, -0.15) is 0 Å². The topological polar surface area (TPSA) is 48.3 Å². The van der Waals surface area contributed by atoms with Gasteiger partial charge in [0.2, 0.25) is 5.43 Å². The summed E-state index contributed by atoms with van der Waals surface area (Å²) >= 11 is 0. The second-order valence-corrected chi connectivity index (χ2v) is 4.55. The van der Waals surface area contributed by atoms with Gasteiger partial charge in [-0.25, -0.2) is 4.79 Å². The summed E-state index contributed by atoms with van der Waals surface area (Å²) in [4.78, 5) is 24.4. The number of rotatable bonds is 4. The predicted octanol–water partition coefficient (Wildman–Crippen LogP) is 2.76. The van der Waals surface area contributed by atoms with E-state index in [1.54, 1.807) is 19.2 Å². The van der Waals surface area contributed by atoms with Crippen LogP contribution in [0.5, 0.6) is 0 Å². The summed E-state index contributed by atoms with van der Waals surface area (Å²) in [5, 5.41) is 0.580. The van der Waals surface area contributed by atoms with E-state index >= 15 is 0 Å². The number of carbonyl (C=O) groups is 1. The molecular formula is C16H19NO3. The molecule has 0 radical (unpaired) electrons. The number of aromatic nitrogens is 1. The Bertz CT molecular complexity index is 701. The highest BCUT2D eigenvalue weighted by Crippen LogP contribution is 2.18. The number of nitrogens with zero attached hydrogens (tertiary/aromatic N) is 1. The maximum absolute atomic E-state index is 12.5. The second-order valence-electron chi connectivity index (χ2n) is 4.55. The van der Waals surface area contributed by atoms with Gasteiger partial charge in [0.25, 0.3) is 0 Å². The molecule has 106 valence electrons. The number of para-hydroxylation sites is 1. The number of carbonyl (C=O) groups excluding carboxylic acids is 1. The molecule has 0 aliphatic heterocycles. The van der Waals surface area contributed by atoms with Crippen molar-refractivity contribution in [3.63, 3.8) is 0 Å². The van der Waals surface area contributed by atoms with Gasteiger partial charge in [-0.1, -0.05) is 19.1 Å². The molecule has 2 rings (SSSR count). The molecule has 2 aromatic rings. The zero-order valence-electron chi connectivity index (χ0n) is 12.1. The molecule has 1 aromatic heterocycles. The molecule has 0 unspecified atom stereocenters. The Morgan fingerprint density at radius 1 is 1.25 bits per heavy atom. The van der Waals surface area contributed by atoms with Crippen LogP contribution < -0.4 is 5.43 Å². The Kier molecular flexibility index (Phi) is 4.23. The fourth-order valence-electron chi connectivity index (χ4n) is 2.43. The Hall–Kier alpha value is -2.10. The first kappa shape index (κ1) is 14.3. The van der Waals surface area contributed by atoms with Crippen LogP contribution >= 0.6 is 0 Å². The lowest BCUT2D eigenvalue weighted by Gasteiger charge is -2.14. The Balaban J connectivity index is 2.80. The van der Waals surface area contributed by atoms with Crippen molar-refractivity contribution in [3.8, 4) is 0 Å². The van der Waals surface area contributed by atoms with Crippen molar-refractivity contribution in [1.29, 1.82) is 0 Å². The van der Waals surface area contributed by atoms with Crippen LogP contribution in [0.1, 0.15) is 36.7 Å². The van der Waals surface area contributed by atoms with E-state index in [2.05, 4.69) is 6.92 Å². The number of fused-ring (bicyclic) bond motifs is 1. The van der Waals surface area contributed by atoms with Crippen LogP contribution in [0.15, 0.2) is 29.2 Å². The molecule has 0 atom stereocenters. The van der Waals surface area contributed by atoms with Crippen LogP contribution in [0.25, 0.3) is 10.9 Å². The van der Waals surface area contributed by atoms with Crippen molar-refractivity contribution in [3.05, 3.63) is 45.7 Å². The van der Waals surface area contributed by atoms with Gasteiger partial charge in [0.05, 0.1) is 12.1 Å². The lowest BCUT2D eigenvalue weighted by molar-refractivity contribution is 0.0524. The molecule has 0 fully saturated rings. The zero-order chi connectivity index (χ0) is 14.7. The summed E-state index contributed by atoms with van der Waals surface area (Å²) in [5.41, 5.74) is 1.88. The molecule has 0 N–H and O–H groups in total. The number of esters is 1. The Labute approximate surface area is 118 Å². The number of benzene rings is 1. The molecule has 0 bridgehead atoms. The van der Waals surface area contributed by atoms with Gasteiger partial charge < -0.3 is 9.30 Å². The van der Waals surface area contributed by atoms with Crippen molar-refractivity contribution >= 4 is 16.9 Å². The van der Waals surface area contributed by atoms with Gasteiger partial charge in [-0.05, 0) is 31.9 Å². The van der Waals surface area contributed by atoms with Gasteiger partial charge in [0.15, 0.2) is 0 Å². The van der Waals surface area contributed by atoms with Crippen LogP contribution in [0.4, 0.5) is 0 Å². The summed E-state index contributed by atoms with van der Waals surface area (Å²) in [5.74, 6) is -0.552. The van der Waals surface area contributed by atoms with Gasteiger partial charge >= 0.3 is 5.97 Å². The van der Waals surface area contributed by atoms with Crippen LogP contribution in [0.3, 0.4) is 0 Å². The van der Waals surface area contributed by atoms with Gasteiger partial charge in [0, 0.05) is 18.1 Å². The van der Waals surface area contributed by atoms with Gasteiger partial charge in [0.1, 0.15) is 5.56 Å². The van der Waals surface area contributed by atoms with Crippen LogP contribution in [-0.4, -0.2) is 17.1 Å². The maximum atomic E-state index is 12.5. The van der Waals surface area contributed by atoms with E-state index in [4.69, 9.17) is 4.74 Å². The molecular weight excluding hydrogens is 254 g/mol. The van der Waals surface area contributed by atoms with E-state index in [0.717, 1.165) is 17.5 Å². The second kappa shape index (κ2) is 5.90. The van der Waals surface area contributed by atoms with E-state index in [0.29, 0.717) is 11.9 Å². The lowest BCUT2D eigenvalue weighted by Crippen LogP contribution is -2.21. The van der Waals surface area contributed by atoms with Crippen molar-refractivity contribution in [1.82, 2.24) is 4.57 Å². The van der Waals surface area contributed by atoms with E-state index in [9.17, 15) is 9.59 Å². The highest BCUT2D eigenvalue weighted by Gasteiger charge is 2.17. The van der Waals surface area contributed by atoms with Gasteiger partial charge in [-0.15, -0.1) is 0 Å². The monoisotopic (exact) mass is 273 g/mol. The number of hydrogen-bond acceptors (Lipinski definition) is 3. The third-order valence-electron chi connectivity index (χ3n) is 3.40. The maximum Gasteiger partial charge on any atom is 0.343 e. The minimum Gasteiger partial charge on any atom is -0.462 e. The Morgan fingerprint density at radius 2 is 2.00 bits per heavy atom. The van der Waals surface area contributed by atoms with E-state index in [-0.39, 0.29) is 17.6 Å². The number of aryl methyl sites for hydroxylation is 2. The first-order valence-electron chi connectivity index (χ1n) is 6.96. The minimum atomic E-state index is -0.552. The van der Waals surface area contributed by atoms with Crippen LogP contribution in [-0.2, 0) is 17.7 Å². The molecule has 0 saturated carbocycles. The van der Waals surface area contributed by atoms with E-state index in [1.807, 2.05) is 23.6 Å². The quantitative estimate of drug-likeness (QED) is 0.805. The van der Waals surface area contributed by atoms with Crippen molar-refractivity contribution in [2.24, 2.45) is 0 Å². The number of ether oxygens (including phenoxy) is 1. The molecule has 1 aromatic carbocycles. The van der Waals surface area contributed by atoms with Crippen LogP contribution in [0, 0.1) is 0 Å². The summed E-state index contributed by atoms with van der Waals surface area (Å²) in [6.07, 6.45) is 2.46. The molecule has 4 heteroatoms. The summed E-state index contributed by atoms with van der Waals surface area (Å²) in [6.45, 7) is 6.73. The average Bonchev–Trinajstić information content (AvgIpc) is 2.47. The highest BCUT2D eigenvalue weighted by molar-refractivity contribution is 5.94.